The number of hydrogen-bond donors (Lipinski definition) is 3. The Morgan fingerprint density at radius 1 is 1.33 bits per heavy atom. The first kappa shape index (κ1) is 15.3. The number of phenols is 1. The van der Waals surface area contributed by atoms with Gasteiger partial charge in [-0.2, -0.15) is 0 Å². The molecule has 1 amide bonds. The summed E-state index contributed by atoms with van der Waals surface area (Å²) in [7, 11) is 0. The van der Waals surface area contributed by atoms with Crippen molar-refractivity contribution in [3.05, 3.63) is 29.3 Å². The Bertz CT molecular complexity index is 549. The predicted molar refractivity (Wildman–Crippen MR) is 75.3 cm³/mol. The summed E-state index contributed by atoms with van der Waals surface area (Å²) in [6.07, 6.45) is 0.727. The molecule has 0 aliphatic carbocycles. The number of phenolic OH excluding ortho intramolecular Hbond substituents is 1. The van der Waals surface area contributed by atoms with Crippen LogP contribution in [0.3, 0.4) is 0 Å². The monoisotopic (exact) mass is 293 g/mol. The zero-order valence-electron chi connectivity index (χ0n) is 11.9. The van der Waals surface area contributed by atoms with Crippen LogP contribution < -0.4 is 5.32 Å². The van der Waals surface area contributed by atoms with Gasteiger partial charge in [-0.05, 0) is 31.4 Å². The van der Waals surface area contributed by atoms with Crippen LogP contribution in [0.25, 0.3) is 0 Å². The average Bonchev–Trinajstić information content (AvgIpc) is 2.48. The molecule has 6 heteroatoms. The van der Waals surface area contributed by atoms with Crippen LogP contribution in [-0.4, -0.2) is 41.8 Å². The number of amides is 1. The van der Waals surface area contributed by atoms with Gasteiger partial charge in [-0.3, -0.25) is 9.59 Å². The first-order chi connectivity index (χ1) is 9.96. The largest absolute Gasteiger partial charge is 0.507 e. The molecule has 1 fully saturated rings. The van der Waals surface area contributed by atoms with Gasteiger partial charge in [0.25, 0.3) is 5.91 Å². The van der Waals surface area contributed by atoms with E-state index in [-0.39, 0.29) is 17.9 Å². The molecular formula is C15H19NO5. The molecule has 1 aliphatic heterocycles. The quantitative estimate of drug-likeness (QED) is 0.778. The molecule has 1 aromatic rings. The molecule has 114 valence electrons. The van der Waals surface area contributed by atoms with Crippen molar-refractivity contribution in [2.45, 2.75) is 19.8 Å². The van der Waals surface area contributed by atoms with E-state index in [9.17, 15) is 19.8 Å². The van der Waals surface area contributed by atoms with Crippen molar-refractivity contribution in [1.82, 2.24) is 5.32 Å². The molecule has 0 spiro atoms. The minimum atomic E-state index is -0.993. The molecule has 0 saturated carbocycles. The summed E-state index contributed by atoms with van der Waals surface area (Å²) in [5, 5.41) is 21.9. The molecule has 3 N–H and O–H groups in total. The van der Waals surface area contributed by atoms with Crippen LogP contribution in [0.1, 0.15) is 28.8 Å². The van der Waals surface area contributed by atoms with E-state index in [0.29, 0.717) is 31.6 Å². The van der Waals surface area contributed by atoms with Crippen LogP contribution >= 0.6 is 0 Å². The summed E-state index contributed by atoms with van der Waals surface area (Å²) in [6, 6.07) is 4.88. The SMILES string of the molecule is Cc1cccc(C(=O)NCC2(C(=O)O)CCOCC2)c1O. The van der Waals surface area contributed by atoms with Gasteiger partial charge in [0.1, 0.15) is 5.75 Å². The summed E-state index contributed by atoms with van der Waals surface area (Å²) in [4.78, 5) is 23.6. The Kier molecular flexibility index (Phi) is 4.47. The first-order valence-electron chi connectivity index (χ1n) is 6.84. The van der Waals surface area contributed by atoms with Gasteiger partial charge in [0.2, 0.25) is 0 Å². The average molecular weight is 293 g/mol. The lowest BCUT2D eigenvalue weighted by atomic mass is 9.80. The topological polar surface area (TPSA) is 95.9 Å². The number of aliphatic carboxylic acids is 1. The number of carboxylic acids is 1. The highest BCUT2D eigenvalue weighted by Crippen LogP contribution is 2.30. The summed E-state index contributed by atoms with van der Waals surface area (Å²) in [5.41, 5.74) is -0.239. The number of hydrogen-bond acceptors (Lipinski definition) is 4. The van der Waals surface area contributed by atoms with Crippen LogP contribution in [-0.2, 0) is 9.53 Å². The third kappa shape index (κ3) is 3.16. The smallest absolute Gasteiger partial charge is 0.311 e. The molecule has 6 nitrogen and oxygen atoms in total. The molecule has 0 unspecified atom stereocenters. The summed E-state index contributed by atoms with van der Waals surface area (Å²) < 4.78 is 5.19. The van der Waals surface area contributed by atoms with E-state index in [1.54, 1.807) is 19.1 Å². The highest BCUT2D eigenvalue weighted by Gasteiger charge is 2.40. The highest BCUT2D eigenvalue weighted by atomic mass is 16.5. The molecular weight excluding hydrogens is 274 g/mol. The van der Waals surface area contributed by atoms with Crippen molar-refractivity contribution in [2.75, 3.05) is 19.8 Å². The Labute approximate surface area is 122 Å². The highest BCUT2D eigenvalue weighted by molar-refractivity contribution is 5.97. The van der Waals surface area contributed by atoms with E-state index < -0.39 is 17.3 Å². The van der Waals surface area contributed by atoms with Crippen LogP contribution in [0.4, 0.5) is 0 Å². The van der Waals surface area contributed by atoms with Crippen molar-refractivity contribution in [3.8, 4) is 5.75 Å². The number of benzene rings is 1. The maximum Gasteiger partial charge on any atom is 0.311 e. The molecule has 1 aromatic carbocycles. The normalized spacial score (nSPS) is 17.2. The van der Waals surface area contributed by atoms with Crippen LogP contribution in [0.2, 0.25) is 0 Å². The second-order valence-electron chi connectivity index (χ2n) is 5.35. The van der Waals surface area contributed by atoms with Crippen molar-refractivity contribution >= 4 is 11.9 Å². The van der Waals surface area contributed by atoms with E-state index in [1.807, 2.05) is 0 Å². The van der Waals surface area contributed by atoms with E-state index in [0.717, 1.165) is 0 Å². The molecule has 2 rings (SSSR count). The Morgan fingerprint density at radius 2 is 2.00 bits per heavy atom. The molecule has 1 saturated heterocycles. The van der Waals surface area contributed by atoms with Gasteiger partial charge in [-0.1, -0.05) is 12.1 Å². The fourth-order valence-electron chi connectivity index (χ4n) is 2.42. The van der Waals surface area contributed by atoms with Crippen molar-refractivity contribution < 1.29 is 24.5 Å². The number of carboxylic acid groups (broad SMARTS) is 1. The van der Waals surface area contributed by atoms with Crippen LogP contribution in [0.15, 0.2) is 18.2 Å². The van der Waals surface area contributed by atoms with Gasteiger partial charge in [0.15, 0.2) is 0 Å². The Morgan fingerprint density at radius 3 is 2.62 bits per heavy atom. The molecule has 0 atom stereocenters. The predicted octanol–water partition coefficient (Wildman–Crippen LogP) is 1.31. The second kappa shape index (κ2) is 6.13. The molecule has 1 aliphatic rings. The number of carbonyl (C=O) groups is 2. The number of para-hydroxylation sites is 1. The molecule has 0 aromatic heterocycles. The summed E-state index contributed by atoms with van der Waals surface area (Å²) >= 11 is 0. The van der Waals surface area contributed by atoms with E-state index in [4.69, 9.17) is 4.74 Å². The Hall–Kier alpha value is -2.08. The van der Waals surface area contributed by atoms with Crippen molar-refractivity contribution in [1.29, 1.82) is 0 Å². The minimum Gasteiger partial charge on any atom is -0.507 e. The van der Waals surface area contributed by atoms with E-state index in [1.165, 1.54) is 6.07 Å². The lowest BCUT2D eigenvalue weighted by Crippen LogP contribution is -2.46. The summed E-state index contributed by atoms with van der Waals surface area (Å²) in [6.45, 7) is 2.47. The maximum absolute atomic E-state index is 12.1. The number of rotatable bonds is 4. The van der Waals surface area contributed by atoms with Gasteiger partial charge in [-0.25, -0.2) is 0 Å². The number of ether oxygens (including phenoxy) is 1. The van der Waals surface area contributed by atoms with Gasteiger partial charge >= 0.3 is 5.97 Å². The van der Waals surface area contributed by atoms with E-state index in [2.05, 4.69) is 5.32 Å². The minimum absolute atomic E-state index is 0.0257. The van der Waals surface area contributed by atoms with Gasteiger partial charge < -0.3 is 20.3 Å². The lowest BCUT2D eigenvalue weighted by molar-refractivity contribution is -0.154. The van der Waals surface area contributed by atoms with Gasteiger partial charge in [0, 0.05) is 19.8 Å². The molecule has 1 heterocycles. The fraction of sp³-hybridized carbons (Fsp3) is 0.467. The summed E-state index contributed by atoms with van der Waals surface area (Å²) in [5.74, 6) is -1.48. The molecule has 0 radical (unpaired) electrons. The van der Waals surface area contributed by atoms with Crippen LogP contribution in [0.5, 0.6) is 5.75 Å². The van der Waals surface area contributed by atoms with Gasteiger partial charge in [0.05, 0.1) is 11.0 Å². The van der Waals surface area contributed by atoms with Crippen LogP contribution in [0, 0.1) is 12.3 Å². The zero-order valence-corrected chi connectivity index (χ0v) is 11.9. The number of nitrogens with one attached hydrogen (secondary N) is 1. The lowest BCUT2D eigenvalue weighted by Gasteiger charge is -2.33. The maximum atomic E-state index is 12.1. The number of carbonyl (C=O) groups excluding carboxylic acids is 1. The third-order valence-corrected chi connectivity index (χ3v) is 3.97. The van der Waals surface area contributed by atoms with E-state index >= 15 is 0 Å². The first-order valence-corrected chi connectivity index (χ1v) is 6.84. The van der Waals surface area contributed by atoms with Gasteiger partial charge in [-0.15, -0.1) is 0 Å². The van der Waals surface area contributed by atoms with Crippen molar-refractivity contribution in [2.24, 2.45) is 5.41 Å². The third-order valence-electron chi connectivity index (χ3n) is 3.97. The zero-order chi connectivity index (χ0) is 15.5. The number of aromatic hydroxyl groups is 1. The standard InChI is InChI=1S/C15H19NO5/c1-10-3-2-4-11(12(10)17)13(18)16-9-15(14(19)20)5-7-21-8-6-15/h2-4,17H,5-9H2,1H3,(H,16,18)(H,19,20). The van der Waals surface area contributed by atoms with Crippen molar-refractivity contribution in [3.63, 3.8) is 0 Å². The molecule has 21 heavy (non-hydrogen) atoms. The molecule has 0 bridgehead atoms. The Balaban J connectivity index is 2.09. The number of aryl methyl sites for hydroxylation is 1. The second-order valence-corrected chi connectivity index (χ2v) is 5.35. The fourth-order valence-corrected chi connectivity index (χ4v) is 2.42.